The fourth-order valence-corrected chi connectivity index (χ4v) is 3.93. The number of hydrogen-bond donors (Lipinski definition) is 0. The second-order valence-electron chi connectivity index (χ2n) is 7.14. The van der Waals surface area contributed by atoms with Crippen molar-refractivity contribution >= 4 is 16.6 Å². The Morgan fingerprint density at radius 1 is 1.15 bits per heavy atom. The Morgan fingerprint density at radius 2 is 1.92 bits per heavy atom. The third-order valence-corrected chi connectivity index (χ3v) is 5.18. The highest BCUT2D eigenvalue weighted by Gasteiger charge is 2.21. The summed E-state index contributed by atoms with van der Waals surface area (Å²) in [5, 5.41) is 9.87. The zero-order valence-electron chi connectivity index (χ0n) is 15.8. The van der Waals surface area contributed by atoms with Gasteiger partial charge in [-0.15, -0.1) is 10.2 Å². The maximum atomic E-state index is 5.45. The Kier molecular flexibility index (Phi) is 4.40. The van der Waals surface area contributed by atoms with Crippen LogP contribution in [0.2, 0.25) is 0 Å². The molecule has 1 aromatic carbocycles. The first kappa shape index (κ1) is 17.0. The number of likely N-dealkylation sites (tertiary alicyclic amines) is 1. The number of benzene rings is 1. The minimum Gasteiger partial charge on any atom is -0.493 e. The van der Waals surface area contributed by atoms with Gasteiger partial charge in [0.25, 0.3) is 0 Å². The van der Waals surface area contributed by atoms with Crippen molar-refractivity contribution in [1.29, 1.82) is 0 Å². The molecule has 1 fully saturated rings. The number of nitrogens with zero attached hydrogens (tertiary/aromatic N) is 5. The summed E-state index contributed by atoms with van der Waals surface area (Å²) in [6, 6.07) is 3.82. The van der Waals surface area contributed by atoms with Gasteiger partial charge in [0.1, 0.15) is 5.82 Å². The molecular formula is C19H25N5O2. The van der Waals surface area contributed by atoms with Gasteiger partial charge in [0.15, 0.2) is 23.0 Å². The normalized spacial score (nSPS) is 18.5. The third kappa shape index (κ3) is 2.86. The number of aryl methyl sites for hydroxylation is 1. The van der Waals surface area contributed by atoms with Crippen molar-refractivity contribution in [3.8, 4) is 11.5 Å². The van der Waals surface area contributed by atoms with Crippen molar-refractivity contribution < 1.29 is 9.47 Å². The van der Waals surface area contributed by atoms with Gasteiger partial charge in [-0.3, -0.25) is 9.30 Å². The lowest BCUT2D eigenvalue weighted by Crippen LogP contribution is -2.34. The average molecular weight is 355 g/mol. The van der Waals surface area contributed by atoms with E-state index in [2.05, 4.69) is 26.4 Å². The summed E-state index contributed by atoms with van der Waals surface area (Å²) in [7, 11) is 3.26. The van der Waals surface area contributed by atoms with Crippen LogP contribution in [0.3, 0.4) is 0 Å². The molecule has 0 bridgehead atoms. The van der Waals surface area contributed by atoms with E-state index in [9.17, 15) is 0 Å². The molecule has 1 aliphatic rings. The van der Waals surface area contributed by atoms with Crippen LogP contribution >= 0.6 is 0 Å². The SMILES string of the molecule is COc1cc2nc(C)n3c(CN4CCC[C@H](C)C4)nnc3c2cc1OC. The molecule has 0 amide bonds. The van der Waals surface area contributed by atoms with E-state index >= 15 is 0 Å². The Morgan fingerprint density at radius 3 is 2.65 bits per heavy atom. The minimum absolute atomic E-state index is 0.665. The summed E-state index contributed by atoms with van der Waals surface area (Å²) in [6.45, 7) is 7.33. The van der Waals surface area contributed by atoms with E-state index in [1.54, 1.807) is 14.2 Å². The van der Waals surface area contributed by atoms with E-state index in [1.165, 1.54) is 12.8 Å². The van der Waals surface area contributed by atoms with Crippen LogP contribution in [0.4, 0.5) is 0 Å². The first-order valence-corrected chi connectivity index (χ1v) is 9.09. The lowest BCUT2D eigenvalue weighted by Gasteiger charge is -2.30. The highest BCUT2D eigenvalue weighted by molar-refractivity contribution is 5.93. The molecule has 1 aliphatic heterocycles. The van der Waals surface area contributed by atoms with Crippen molar-refractivity contribution in [2.24, 2.45) is 5.92 Å². The third-order valence-electron chi connectivity index (χ3n) is 5.18. The van der Waals surface area contributed by atoms with Crippen LogP contribution in [0.1, 0.15) is 31.4 Å². The Bertz CT molecular complexity index is 952. The zero-order valence-corrected chi connectivity index (χ0v) is 15.8. The van der Waals surface area contributed by atoms with E-state index in [0.717, 1.165) is 53.8 Å². The van der Waals surface area contributed by atoms with Crippen molar-refractivity contribution in [2.45, 2.75) is 33.2 Å². The van der Waals surface area contributed by atoms with Crippen LogP contribution in [0.5, 0.6) is 11.5 Å². The smallest absolute Gasteiger partial charge is 0.171 e. The topological polar surface area (TPSA) is 64.8 Å². The highest BCUT2D eigenvalue weighted by atomic mass is 16.5. The van der Waals surface area contributed by atoms with Crippen molar-refractivity contribution in [2.75, 3.05) is 27.3 Å². The molecule has 0 N–H and O–H groups in total. The summed E-state index contributed by atoms with van der Waals surface area (Å²) >= 11 is 0. The van der Waals surface area contributed by atoms with Gasteiger partial charge in [-0.25, -0.2) is 4.98 Å². The van der Waals surface area contributed by atoms with E-state index in [0.29, 0.717) is 11.5 Å². The molecule has 1 saturated heterocycles. The molecule has 2 aromatic heterocycles. The first-order chi connectivity index (χ1) is 12.6. The van der Waals surface area contributed by atoms with Gasteiger partial charge < -0.3 is 9.47 Å². The van der Waals surface area contributed by atoms with E-state index in [-0.39, 0.29) is 0 Å². The van der Waals surface area contributed by atoms with Gasteiger partial charge in [-0.05, 0) is 38.3 Å². The standard InChI is InChI=1S/C19H25N5O2/c1-12-6-5-7-23(10-12)11-18-21-22-19-14-8-16(25-3)17(26-4)9-15(14)20-13(2)24(18)19/h8-9,12H,5-7,10-11H2,1-4H3/t12-/m0/s1. The molecular weight excluding hydrogens is 330 g/mol. The fraction of sp³-hybridized carbons (Fsp3) is 0.526. The first-order valence-electron chi connectivity index (χ1n) is 9.09. The molecule has 0 unspecified atom stereocenters. The Labute approximate surface area is 152 Å². The molecule has 26 heavy (non-hydrogen) atoms. The maximum Gasteiger partial charge on any atom is 0.171 e. The molecule has 0 saturated carbocycles. The summed E-state index contributed by atoms with van der Waals surface area (Å²) in [5.41, 5.74) is 1.65. The van der Waals surface area contributed by atoms with Crippen LogP contribution in [0.25, 0.3) is 16.6 Å². The summed E-state index contributed by atoms with van der Waals surface area (Å²) in [4.78, 5) is 7.22. The van der Waals surface area contributed by atoms with Crippen molar-refractivity contribution in [1.82, 2.24) is 24.5 Å². The summed E-state index contributed by atoms with van der Waals surface area (Å²) in [6.07, 6.45) is 2.55. The fourth-order valence-electron chi connectivity index (χ4n) is 3.93. The van der Waals surface area contributed by atoms with Gasteiger partial charge in [0.2, 0.25) is 0 Å². The van der Waals surface area contributed by atoms with Gasteiger partial charge in [-0.1, -0.05) is 6.92 Å². The highest BCUT2D eigenvalue weighted by Crippen LogP contribution is 2.33. The average Bonchev–Trinajstić information content (AvgIpc) is 3.05. The Hall–Kier alpha value is -2.41. The van der Waals surface area contributed by atoms with Crippen LogP contribution < -0.4 is 9.47 Å². The van der Waals surface area contributed by atoms with E-state index in [4.69, 9.17) is 14.5 Å². The van der Waals surface area contributed by atoms with Gasteiger partial charge in [0, 0.05) is 18.0 Å². The quantitative estimate of drug-likeness (QED) is 0.717. The molecule has 3 heterocycles. The lowest BCUT2D eigenvalue weighted by atomic mass is 10.0. The van der Waals surface area contributed by atoms with Crippen molar-refractivity contribution in [3.63, 3.8) is 0 Å². The summed E-state index contributed by atoms with van der Waals surface area (Å²) in [5.74, 6) is 3.89. The monoisotopic (exact) mass is 355 g/mol. The number of methoxy groups -OCH3 is 2. The van der Waals surface area contributed by atoms with Crippen LogP contribution in [-0.4, -0.2) is 51.8 Å². The van der Waals surface area contributed by atoms with Crippen LogP contribution in [0.15, 0.2) is 12.1 Å². The maximum absolute atomic E-state index is 5.45. The number of fused-ring (bicyclic) bond motifs is 3. The largest absolute Gasteiger partial charge is 0.493 e. The molecule has 0 radical (unpaired) electrons. The lowest BCUT2D eigenvalue weighted by molar-refractivity contribution is 0.172. The van der Waals surface area contributed by atoms with Gasteiger partial charge in [0.05, 0.1) is 26.3 Å². The van der Waals surface area contributed by atoms with Crippen molar-refractivity contribution in [3.05, 3.63) is 23.8 Å². The second kappa shape index (κ2) is 6.72. The molecule has 1 atom stereocenters. The van der Waals surface area contributed by atoms with Gasteiger partial charge in [-0.2, -0.15) is 0 Å². The van der Waals surface area contributed by atoms with Crippen LogP contribution in [0, 0.1) is 12.8 Å². The van der Waals surface area contributed by atoms with E-state index < -0.39 is 0 Å². The van der Waals surface area contributed by atoms with E-state index in [1.807, 2.05) is 19.1 Å². The van der Waals surface area contributed by atoms with Crippen LogP contribution in [-0.2, 0) is 6.54 Å². The molecule has 3 aromatic rings. The number of hydrogen-bond acceptors (Lipinski definition) is 6. The molecule has 138 valence electrons. The molecule has 4 rings (SSSR count). The minimum atomic E-state index is 0.665. The Balaban J connectivity index is 1.81. The summed E-state index contributed by atoms with van der Waals surface area (Å²) < 4.78 is 12.9. The molecule has 0 aliphatic carbocycles. The number of piperidine rings is 1. The predicted octanol–water partition coefficient (Wildman–Crippen LogP) is 2.84. The predicted molar refractivity (Wildman–Crippen MR) is 99.8 cm³/mol. The second-order valence-corrected chi connectivity index (χ2v) is 7.14. The number of ether oxygens (including phenoxy) is 2. The molecule has 7 heteroatoms. The zero-order chi connectivity index (χ0) is 18.3. The molecule has 0 spiro atoms. The molecule has 7 nitrogen and oxygen atoms in total. The number of rotatable bonds is 4. The van der Waals surface area contributed by atoms with Gasteiger partial charge >= 0.3 is 0 Å². The number of aromatic nitrogens is 4.